The fourth-order valence-corrected chi connectivity index (χ4v) is 2.41. The summed E-state index contributed by atoms with van der Waals surface area (Å²) in [4.78, 5) is 20.4. The van der Waals surface area contributed by atoms with Gasteiger partial charge in [0.25, 0.3) is 5.69 Å². The number of hydrogen-bond donors (Lipinski definition) is 1. The lowest BCUT2D eigenvalue weighted by Crippen LogP contribution is -2.03. The zero-order valence-corrected chi connectivity index (χ0v) is 13.5. The second-order valence-electron chi connectivity index (χ2n) is 4.50. The molecule has 23 heavy (non-hydrogen) atoms. The summed E-state index contributed by atoms with van der Waals surface area (Å²) in [6.07, 6.45) is 0. The van der Waals surface area contributed by atoms with Crippen LogP contribution < -0.4 is 5.43 Å². The Morgan fingerprint density at radius 2 is 1.83 bits per heavy atom. The summed E-state index contributed by atoms with van der Waals surface area (Å²) in [5.74, 6) is 0. The third kappa shape index (κ3) is 3.89. The molecule has 0 amide bonds. The van der Waals surface area contributed by atoms with Crippen molar-refractivity contribution in [3.8, 4) is 0 Å². The normalized spacial score (nSPS) is 11.1. The van der Waals surface area contributed by atoms with Crippen molar-refractivity contribution in [2.75, 3.05) is 5.43 Å². The van der Waals surface area contributed by atoms with Gasteiger partial charge < -0.3 is 0 Å². The smallest absolute Gasteiger partial charge is 0.271 e. The Kier molecular flexibility index (Phi) is 5.02. The molecule has 2 aromatic rings. The summed E-state index contributed by atoms with van der Waals surface area (Å²) < 4.78 is 0.834. The minimum atomic E-state index is -0.696. The molecule has 2 aromatic carbocycles. The van der Waals surface area contributed by atoms with E-state index in [1.54, 1.807) is 6.92 Å². The molecule has 2 rings (SSSR count). The average molecular weight is 379 g/mol. The first-order valence-corrected chi connectivity index (χ1v) is 7.17. The molecular weight excluding hydrogens is 368 g/mol. The van der Waals surface area contributed by atoms with Crippen LogP contribution in [0.5, 0.6) is 0 Å². The summed E-state index contributed by atoms with van der Waals surface area (Å²) in [6, 6.07) is 10.7. The maximum Gasteiger partial charge on any atom is 0.301 e. The number of hydrogen-bond acceptors (Lipinski definition) is 6. The Morgan fingerprint density at radius 3 is 2.43 bits per heavy atom. The van der Waals surface area contributed by atoms with Gasteiger partial charge in [-0.05, 0) is 19.1 Å². The van der Waals surface area contributed by atoms with Crippen LogP contribution in [0.25, 0.3) is 0 Å². The minimum absolute atomic E-state index is 0.0759. The molecule has 0 spiro atoms. The summed E-state index contributed by atoms with van der Waals surface area (Å²) >= 11 is 3.39. The van der Waals surface area contributed by atoms with E-state index < -0.39 is 15.5 Å². The van der Waals surface area contributed by atoms with Gasteiger partial charge in [-0.3, -0.25) is 25.7 Å². The van der Waals surface area contributed by atoms with Gasteiger partial charge in [-0.1, -0.05) is 34.1 Å². The topological polar surface area (TPSA) is 111 Å². The Hall–Kier alpha value is -2.81. The summed E-state index contributed by atoms with van der Waals surface area (Å²) in [6.45, 7) is 1.74. The van der Waals surface area contributed by atoms with Gasteiger partial charge in [-0.15, -0.1) is 0 Å². The van der Waals surface area contributed by atoms with Crippen molar-refractivity contribution in [3.63, 3.8) is 0 Å². The number of nitro benzene ring substituents is 2. The van der Waals surface area contributed by atoms with E-state index in [2.05, 4.69) is 26.5 Å². The lowest BCUT2D eigenvalue weighted by atomic mass is 10.1. The first-order chi connectivity index (χ1) is 10.9. The quantitative estimate of drug-likeness (QED) is 0.478. The van der Waals surface area contributed by atoms with Crippen LogP contribution >= 0.6 is 15.9 Å². The van der Waals surface area contributed by atoms with Gasteiger partial charge in [0.1, 0.15) is 5.69 Å². The Balaban J connectivity index is 2.33. The van der Waals surface area contributed by atoms with E-state index in [-0.39, 0.29) is 11.4 Å². The molecule has 8 nitrogen and oxygen atoms in total. The number of hydrazone groups is 1. The van der Waals surface area contributed by atoms with E-state index >= 15 is 0 Å². The second-order valence-corrected chi connectivity index (χ2v) is 5.36. The predicted molar refractivity (Wildman–Crippen MR) is 89.7 cm³/mol. The molecule has 0 saturated carbocycles. The molecule has 0 bridgehead atoms. The van der Waals surface area contributed by atoms with Gasteiger partial charge >= 0.3 is 5.69 Å². The van der Waals surface area contributed by atoms with E-state index in [1.165, 1.54) is 12.1 Å². The van der Waals surface area contributed by atoms with E-state index in [9.17, 15) is 20.2 Å². The molecule has 1 N–H and O–H groups in total. The second kappa shape index (κ2) is 6.97. The third-order valence-corrected chi connectivity index (χ3v) is 3.69. The van der Waals surface area contributed by atoms with E-state index in [1.807, 2.05) is 24.3 Å². The summed E-state index contributed by atoms with van der Waals surface area (Å²) in [5.41, 5.74) is 3.32. The number of halogens is 1. The number of anilines is 1. The molecule has 9 heteroatoms. The fourth-order valence-electron chi connectivity index (χ4n) is 1.84. The highest BCUT2D eigenvalue weighted by molar-refractivity contribution is 9.10. The van der Waals surface area contributed by atoms with Gasteiger partial charge in [-0.2, -0.15) is 5.10 Å². The van der Waals surface area contributed by atoms with Crippen LogP contribution in [0.1, 0.15) is 12.5 Å². The lowest BCUT2D eigenvalue weighted by Gasteiger charge is -2.06. The Morgan fingerprint density at radius 1 is 1.13 bits per heavy atom. The molecule has 118 valence electrons. The highest BCUT2D eigenvalue weighted by atomic mass is 79.9. The Labute approximate surface area is 139 Å². The van der Waals surface area contributed by atoms with Gasteiger partial charge in [0.05, 0.1) is 21.6 Å². The molecule has 0 unspecified atom stereocenters. The van der Waals surface area contributed by atoms with E-state index in [0.717, 1.165) is 16.1 Å². The number of non-ortho nitro benzene ring substituents is 1. The predicted octanol–water partition coefficient (Wildman–Crippen LogP) is 4.10. The van der Waals surface area contributed by atoms with Gasteiger partial charge in [-0.25, -0.2) is 0 Å². The molecule has 0 atom stereocenters. The molecule has 0 aliphatic rings. The largest absolute Gasteiger partial charge is 0.301 e. The molecule has 0 saturated heterocycles. The van der Waals surface area contributed by atoms with Crippen molar-refractivity contribution in [1.82, 2.24) is 0 Å². The number of nitrogens with zero attached hydrogens (tertiary/aromatic N) is 3. The zero-order chi connectivity index (χ0) is 17.0. The SMILES string of the molecule is C/C(=N/Nc1ccc([N+](=O)[O-])cc1[N+](=O)[O-])c1ccccc1Br. The highest BCUT2D eigenvalue weighted by Gasteiger charge is 2.19. The van der Waals surface area contributed by atoms with Crippen LogP contribution in [0.2, 0.25) is 0 Å². The first-order valence-electron chi connectivity index (χ1n) is 6.38. The van der Waals surface area contributed by atoms with Crippen molar-refractivity contribution < 1.29 is 9.85 Å². The van der Waals surface area contributed by atoms with Crippen molar-refractivity contribution in [2.24, 2.45) is 5.10 Å². The van der Waals surface area contributed by atoms with Crippen molar-refractivity contribution in [1.29, 1.82) is 0 Å². The number of rotatable bonds is 5. The zero-order valence-electron chi connectivity index (χ0n) is 11.9. The van der Waals surface area contributed by atoms with Crippen LogP contribution in [-0.4, -0.2) is 15.6 Å². The molecule has 0 heterocycles. The molecule has 0 aliphatic carbocycles. The maximum atomic E-state index is 11.1. The van der Waals surface area contributed by atoms with Crippen LogP contribution in [0.15, 0.2) is 52.0 Å². The molecule has 0 radical (unpaired) electrons. The van der Waals surface area contributed by atoms with Crippen molar-refractivity contribution in [3.05, 3.63) is 72.7 Å². The average Bonchev–Trinajstić information content (AvgIpc) is 2.52. The van der Waals surface area contributed by atoms with Crippen LogP contribution in [-0.2, 0) is 0 Å². The van der Waals surface area contributed by atoms with E-state index in [4.69, 9.17) is 0 Å². The highest BCUT2D eigenvalue weighted by Crippen LogP contribution is 2.29. The summed E-state index contributed by atoms with van der Waals surface area (Å²) in [7, 11) is 0. The first kappa shape index (κ1) is 16.6. The minimum Gasteiger partial charge on any atom is -0.271 e. The van der Waals surface area contributed by atoms with E-state index in [0.29, 0.717) is 5.71 Å². The number of nitrogens with one attached hydrogen (secondary N) is 1. The van der Waals surface area contributed by atoms with Crippen molar-refractivity contribution >= 4 is 38.7 Å². The molecular formula is C14H11BrN4O4. The number of benzene rings is 2. The van der Waals surface area contributed by atoms with Crippen LogP contribution in [0.3, 0.4) is 0 Å². The monoisotopic (exact) mass is 378 g/mol. The Bertz CT molecular complexity index is 807. The fraction of sp³-hybridized carbons (Fsp3) is 0.0714. The molecule has 0 fully saturated rings. The van der Waals surface area contributed by atoms with Gasteiger partial charge in [0, 0.05) is 16.1 Å². The molecule has 0 aliphatic heterocycles. The van der Waals surface area contributed by atoms with Gasteiger partial charge in [0.15, 0.2) is 0 Å². The summed E-state index contributed by atoms with van der Waals surface area (Å²) in [5, 5.41) is 25.9. The van der Waals surface area contributed by atoms with Crippen LogP contribution in [0, 0.1) is 20.2 Å². The standard InChI is InChI=1S/C14H11BrN4O4/c1-9(11-4-2-3-5-12(11)15)16-17-13-7-6-10(18(20)21)8-14(13)19(22)23/h2-8,17H,1H3/b16-9-. The number of nitro groups is 2. The third-order valence-electron chi connectivity index (χ3n) is 3.00. The van der Waals surface area contributed by atoms with Gasteiger partial charge in [0.2, 0.25) is 0 Å². The van der Waals surface area contributed by atoms with Crippen LogP contribution in [0.4, 0.5) is 17.1 Å². The molecule has 0 aromatic heterocycles. The lowest BCUT2D eigenvalue weighted by molar-refractivity contribution is -0.393. The maximum absolute atomic E-state index is 11.1. The van der Waals surface area contributed by atoms with Crippen molar-refractivity contribution in [2.45, 2.75) is 6.92 Å².